The summed E-state index contributed by atoms with van der Waals surface area (Å²) in [5.41, 5.74) is 0.412. The van der Waals surface area contributed by atoms with Gasteiger partial charge in [0, 0.05) is 18.0 Å². The van der Waals surface area contributed by atoms with Crippen LogP contribution in [0.15, 0.2) is 37.4 Å². The Balaban J connectivity index is 2.86. The van der Waals surface area contributed by atoms with Crippen LogP contribution in [0.2, 0.25) is 0 Å². The van der Waals surface area contributed by atoms with E-state index in [2.05, 4.69) is 16.3 Å². The van der Waals surface area contributed by atoms with E-state index in [1.807, 2.05) is 0 Å². The topological polar surface area (TPSA) is 56.3 Å². The molecule has 0 N–H and O–H groups in total. The van der Waals surface area contributed by atoms with E-state index in [1.165, 1.54) is 6.20 Å². The van der Waals surface area contributed by atoms with E-state index in [0.29, 0.717) is 12.0 Å². The predicted molar refractivity (Wildman–Crippen MR) is 58.6 cm³/mol. The van der Waals surface area contributed by atoms with Crippen molar-refractivity contribution in [1.29, 1.82) is 0 Å². The zero-order valence-corrected chi connectivity index (χ0v) is 9.05. The molecule has 0 aliphatic rings. The summed E-state index contributed by atoms with van der Waals surface area (Å²) < 4.78 is 4.62. The molecule has 0 saturated carbocycles. The van der Waals surface area contributed by atoms with Gasteiger partial charge in [-0.15, -0.1) is 0 Å². The fourth-order valence-corrected chi connectivity index (χ4v) is 1.33. The minimum Gasteiger partial charge on any atom is -0.435 e. The van der Waals surface area contributed by atoms with Gasteiger partial charge in [0.2, 0.25) is 0 Å². The van der Waals surface area contributed by atoms with Gasteiger partial charge in [0.1, 0.15) is 5.92 Å². The summed E-state index contributed by atoms with van der Waals surface area (Å²) in [5.74, 6) is -1.64. The SMILES string of the molecule is C=COC(=O)C(CC)C(=O)c1cccnc1. The molecular formula is C12H13NO3. The quantitative estimate of drug-likeness (QED) is 0.329. The van der Waals surface area contributed by atoms with Crippen molar-refractivity contribution in [2.45, 2.75) is 13.3 Å². The standard InChI is InChI=1S/C12H13NO3/c1-3-10(12(15)16-4-2)11(14)9-6-5-7-13-8-9/h4-8,10H,2-3H2,1H3. The lowest BCUT2D eigenvalue weighted by Crippen LogP contribution is -2.24. The van der Waals surface area contributed by atoms with Gasteiger partial charge in [-0.25, -0.2) is 0 Å². The molecule has 4 heteroatoms. The molecule has 16 heavy (non-hydrogen) atoms. The van der Waals surface area contributed by atoms with Crippen molar-refractivity contribution in [3.8, 4) is 0 Å². The molecule has 84 valence electrons. The van der Waals surface area contributed by atoms with Crippen LogP contribution >= 0.6 is 0 Å². The highest BCUT2D eigenvalue weighted by Gasteiger charge is 2.26. The zero-order valence-electron chi connectivity index (χ0n) is 9.05. The lowest BCUT2D eigenvalue weighted by atomic mass is 9.96. The minimum atomic E-state index is -0.790. The molecule has 4 nitrogen and oxygen atoms in total. The molecule has 1 rings (SSSR count). The Hall–Kier alpha value is -1.97. The van der Waals surface area contributed by atoms with E-state index in [-0.39, 0.29) is 5.78 Å². The van der Waals surface area contributed by atoms with Gasteiger partial charge in [-0.1, -0.05) is 13.5 Å². The van der Waals surface area contributed by atoms with Crippen LogP contribution in [-0.2, 0) is 9.53 Å². The highest BCUT2D eigenvalue weighted by Crippen LogP contribution is 2.13. The normalized spacial score (nSPS) is 11.6. The first-order valence-corrected chi connectivity index (χ1v) is 4.96. The van der Waals surface area contributed by atoms with Crippen LogP contribution in [0.4, 0.5) is 0 Å². The van der Waals surface area contributed by atoms with Crippen molar-refractivity contribution in [3.63, 3.8) is 0 Å². The van der Waals surface area contributed by atoms with Crippen LogP contribution in [0.25, 0.3) is 0 Å². The van der Waals surface area contributed by atoms with Crippen LogP contribution in [0.5, 0.6) is 0 Å². The first-order chi connectivity index (χ1) is 7.70. The third-order valence-corrected chi connectivity index (χ3v) is 2.15. The van der Waals surface area contributed by atoms with E-state index >= 15 is 0 Å². The number of rotatable bonds is 5. The lowest BCUT2D eigenvalue weighted by molar-refractivity contribution is -0.141. The van der Waals surface area contributed by atoms with Gasteiger partial charge in [0.25, 0.3) is 0 Å². The van der Waals surface area contributed by atoms with Gasteiger partial charge in [-0.3, -0.25) is 14.6 Å². The summed E-state index contributed by atoms with van der Waals surface area (Å²) in [6.07, 6.45) is 4.42. The number of aromatic nitrogens is 1. The molecule has 0 aliphatic carbocycles. The molecule has 0 saturated heterocycles. The average Bonchev–Trinajstić information content (AvgIpc) is 2.31. The van der Waals surface area contributed by atoms with Crippen molar-refractivity contribution >= 4 is 11.8 Å². The highest BCUT2D eigenvalue weighted by molar-refractivity contribution is 6.08. The van der Waals surface area contributed by atoms with E-state index in [9.17, 15) is 9.59 Å². The number of ketones is 1. The molecule has 0 spiro atoms. The van der Waals surface area contributed by atoms with Crippen LogP contribution in [0.3, 0.4) is 0 Å². The van der Waals surface area contributed by atoms with Crippen molar-refractivity contribution < 1.29 is 14.3 Å². The number of Topliss-reactive ketones (excluding diaryl/α,β-unsaturated/α-hetero) is 1. The molecule has 0 radical (unpaired) electrons. The number of hydrogen-bond acceptors (Lipinski definition) is 4. The molecule has 0 amide bonds. The summed E-state index contributed by atoms with van der Waals surface area (Å²) in [6, 6.07) is 3.28. The maximum Gasteiger partial charge on any atom is 0.321 e. The molecule has 1 heterocycles. The van der Waals surface area contributed by atoms with Crippen LogP contribution in [0, 0.1) is 5.92 Å². The Kier molecular flexibility index (Phi) is 4.39. The number of hydrogen-bond donors (Lipinski definition) is 0. The molecular weight excluding hydrogens is 206 g/mol. The Morgan fingerprint density at radius 2 is 2.38 bits per heavy atom. The van der Waals surface area contributed by atoms with Crippen LogP contribution < -0.4 is 0 Å². The van der Waals surface area contributed by atoms with Crippen molar-refractivity contribution in [1.82, 2.24) is 4.98 Å². The number of carbonyl (C=O) groups excluding carboxylic acids is 2. The zero-order chi connectivity index (χ0) is 12.0. The van der Waals surface area contributed by atoms with Crippen molar-refractivity contribution in [3.05, 3.63) is 42.9 Å². The van der Waals surface area contributed by atoms with Gasteiger partial charge in [-0.05, 0) is 18.6 Å². The second-order valence-corrected chi connectivity index (χ2v) is 3.17. The minimum absolute atomic E-state index is 0.276. The van der Waals surface area contributed by atoms with Gasteiger partial charge in [-0.2, -0.15) is 0 Å². The van der Waals surface area contributed by atoms with Gasteiger partial charge < -0.3 is 4.74 Å². The summed E-state index contributed by atoms with van der Waals surface area (Å²) in [4.78, 5) is 27.2. The molecule has 1 aromatic heterocycles. The van der Waals surface area contributed by atoms with E-state index in [1.54, 1.807) is 25.3 Å². The molecule has 0 fully saturated rings. The average molecular weight is 219 g/mol. The molecule has 1 atom stereocenters. The maximum atomic E-state index is 11.9. The summed E-state index contributed by atoms with van der Waals surface area (Å²) in [7, 11) is 0. The second-order valence-electron chi connectivity index (χ2n) is 3.17. The highest BCUT2D eigenvalue weighted by atomic mass is 16.5. The lowest BCUT2D eigenvalue weighted by Gasteiger charge is -2.10. The molecule has 0 aliphatic heterocycles. The van der Waals surface area contributed by atoms with Crippen LogP contribution in [-0.4, -0.2) is 16.7 Å². The summed E-state index contributed by atoms with van der Waals surface area (Å²) >= 11 is 0. The van der Waals surface area contributed by atoms with E-state index < -0.39 is 11.9 Å². The molecule has 1 aromatic rings. The fraction of sp³-hybridized carbons (Fsp3) is 0.250. The predicted octanol–water partition coefficient (Wildman–Crippen LogP) is 1.98. The smallest absolute Gasteiger partial charge is 0.321 e. The Morgan fingerprint density at radius 3 is 2.88 bits per heavy atom. The number of ether oxygens (including phenoxy) is 1. The number of esters is 1. The molecule has 1 unspecified atom stereocenters. The Labute approximate surface area is 94.0 Å². The van der Waals surface area contributed by atoms with Gasteiger partial charge >= 0.3 is 5.97 Å². The molecule has 0 aromatic carbocycles. The first kappa shape index (κ1) is 12.1. The van der Waals surface area contributed by atoms with E-state index in [0.717, 1.165) is 6.26 Å². The van der Waals surface area contributed by atoms with Gasteiger partial charge in [0.15, 0.2) is 5.78 Å². The largest absolute Gasteiger partial charge is 0.435 e. The second kappa shape index (κ2) is 5.80. The molecule has 0 bridgehead atoms. The first-order valence-electron chi connectivity index (χ1n) is 4.96. The fourth-order valence-electron chi connectivity index (χ4n) is 1.33. The number of pyridine rings is 1. The summed E-state index contributed by atoms with van der Waals surface area (Å²) in [5, 5.41) is 0. The van der Waals surface area contributed by atoms with Crippen LogP contribution in [0.1, 0.15) is 23.7 Å². The monoisotopic (exact) mass is 219 g/mol. The third kappa shape index (κ3) is 2.76. The third-order valence-electron chi connectivity index (χ3n) is 2.15. The van der Waals surface area contributed by atoms with Crippen molar-refractivity contribution in [2.75, 3.05) is 0 Å². The Bertz CT molecular complexity index is 387. The van der Waals surface area contributed by atoms with Crippen molar-refractivity contribution in [2.24, 2.45) is 5.92 Å². The van der Waals surface area contributed by atoms with E-state index in [4.69, 9.17) is 0 Å². The van der Waals surface area contributed by atoms with Gasteiger partial charge in [0.05, 0.1) is 6.26 Å². The maximum absolute atomic E-state index is 11.9. The summed E-state index contributed by atoms with van der Waals surface area (Å²) in [6.45, 7) is 5.04. The number of carbonyl (C=O) groups is 2. The number of nitrogens with zero attached hydrogens (tertiary/aromatic N) is 1. The Morgan fingerprint density at radius 1 is 1.62 bits per heavy atom.